The predicted octanol–water partition coefficient (Wildman–Crippen LogP) is 3.08. The number of rotatable bonds is 3. The topological polar surface area (TPSA) is 21.3 Å². The van der Waals surface area contributed by atoms with Crippen LogP contribution in [-0.2, 0) is 12.8 Å². The van der Waals surface area contributed by atoms with Gasteiger partial charge in [-0.05, 0) is 75.3 Å². The minimum absolute atomic E-state index is 0.358. The van der Waals surface area contributed by atoms with Gasteiger partial charge in [0.25, 0.3) is 0 Å². The van der Waals surface area contributed by atoms with Gasteiger partial charge in [-0.15, -0.1) is 0 Å². The summed E-state index contributed by atoms with van der Waals surface area (Å²) in [5.41, 5.74) is 3.04. The van der Waals surface area contributed by atoms with E-state index in [4.69, 9.17) is 4.74 Å². The maximum absolute atomic E-state index is 6.18. The lowest BCUT2D eigenvalue weighted by Gasteiger charge is -2.22. The second-order valence-corrected chi connectivity index (χ2v) is 5.62. The fourth-order valence-electron chi connectivity index (χ4n) is 3.36. The zero-order valence-electron chi connectivity index (χ0n) is 11.2. The van der Waals surface area contributed by atoms with Gasteiger partial charge in [0.1, 0.15) is 11.9 Å². The summed E-state index contributed by atoms with van der Waals surface area (Å²) in [6.45, 7) is 0. The van der Waals surface area contributed by atoms with Crippen LogP contribution >= 0.6 is 0 Å². The summed E-state index contributed by atoms with van der Waals surface area (Å²) in [6.07, 6.45) is 9.22. The highest BCUT2D eigenvalue weighted by Gasteiger charge is 2.27. The van der Waals surface area contributed by atoms with Crippen LogP contribution < -0.4 is 10.1 Å². The number of fused-ring (bicyclic) bond motifs is 1. The Morgan fingerprint density at radius 2 is 1.89 bits per heavy atom. The third kappa shape index (κ3) is 2.39. The number of hydrogen-bond acceptors (Lipinski definition) is 2. The van der Waals surface area contributed by atoms with Gasteiger partial charge < -0.3 is 10.1 Å². The maximum Gasteiger partial charge on any atom is 0.120 e. The number of likely N-dealkylation sites (N-methyl/N-ethyl adjacent to an activating group) is 1. The number of benzene rings is 1. The van der Waals surface area contributed by atoms with Crippen LogP contribution in [0.2, 0.25) is 0 Å². The van der Waals surface area contributed by atoms with Gasteiger partial charge in [0, 0.05) is 6.04 Å². The van der Waals surface area contributed by atoms with Crippen molar-refractivity contribution in [1.82, 2.24) is 5.32 Å². The summed E-state index contributed by atoms with van der Waals surface area (Å²) >= 11 is 0. The molecule has 0 aromatic heterocycles. The standard InChI is InChI=1S/C16H23NO/c1-17-15-7-4-8-16(15)18-14-10-9-12-5-2-3-6-13(12)11-14/h9-11,15-17H,2-8H2,1H3. The second-order valence-electron chi connectivity index (χ2n) is 5.62. The van der Waals surface area contributed by atoms with Crippen LogP contribution in [0.1, 0.15) is 43.2 Å². The van der Waals surface area contributed by atoms with Crippen LogP contribution in [-0.4, -0.2) is 19.2 Å². The lowest BCUT2D eigenvalue weighted by molar-refractivity contribution is 0.178. The van der Waals surface area contributed by atoms with Crippen LogP contribution in [0.15, 0.2) is 18.2 Å². The predicted molar refractivity (Wildman–Crippen MR) is 74.2 cm³/mol. The fraction of sp³-hybridized carbons (Fsp3) is 0.625. The SMILES string of the molecule is CNC1CCCC1Oc1ccc2c(c1)CCCC2. The molecule has 1 fully saturated rings. The molecule has 2 heteroatoms. The Morgan fingerprint density at radius 3 is 2.72 bits per heavy atom. The van der Waals surface area contributed by atoms with E-state index in [-0.39, 0.29) is 0 Å². The zero-order valence-corrected chi connectivity index (χ0v) is 11.2. The molecule has 3 rings (SSSR count). The van der Waals surface area contributed by atoms with Gasteiger partial charge in [-0.1, -0.05) is 6.07 Å². The van der Waals surface area contributed by atoms with Crippen LogP contribution in [0.5, 0.6) is 5.75 Å². The number of ether oxygens (including phenoxy) is 1. The molecule has 98 valence electrons. The maximum atomic E-state index is 6.18. The van der Waals surface area contributed by atoms with E-state index in [1.165, 1.54) is 56.1 Å². The molecule has 0 heterocycles. The third-order valence-electron chi connectivity index (χ3n) is 4.43. The summed E-state index contributed by atoms with van der Waals surface area (Å²) in [5, 5.41) is 3.37. The van der Waals surface area contributed by atoms with E-state index in [1.807, 2.05) is 7.05 Å². The molecule has 1 N–H and O–H groups in total. The first-order chi connectivity index (χ1) is 8.86. The molecule has 2 aliphatic carbocycles. The van der Waals surface area contributed by atoms with Gasteiger partial charge in [-0.25, -0.2) is 0 Å². The number of aryl methyl sites for hydroxylation is 2. The molecule has 1 aromatic rings. The minimum Gasteiger partial charge on any atom is -0.489 e. The summed E-state index contributed by atoms with van der Waals surface area (Å²) in [5.74, 6) is 1.07. The van der Waals surface area contributed by atoms with Crippen molar-refractivity contribution in [3.05, 3.63) is 29.3 Å². The quantitative estimate of drug-likeness (QED) is 0.883. The Bertz CT molecular complexity index is 416. The molecule has 18 heavy (non-hydrogen) atoms. The zero-order chi connectivity index (χ0) is 12.4. The number of hydrogen-bond donors (Lipinski definition) is 1. The third-order valence-corrected chi connectivity index (χ3v) is 4.43. The molecule has 1 saturated carbocycles. The first-order valence-corrected chi connectivity index (χ1v) is 7.32. The van der Waals surface area contributed by atoms with E-state index in [1.54, 1.807) is 0 Å². The minimum atomic E-state index is 0.358. The van der Waals surface area contributed by atoms with Crippen molar-refractivity contribution in [3.63, 3.8) is 0 Å². The van der Waals surface area contributed by atoms with Crippen molar-refractivity contribution in [2.45, 2.75) is 57.1 Å². The number of nitrogens with one attached hydrogen (secondary N) is 1. The largest absolute Gasteiger partial charge is 0.489 e. The van der Waals surface area contributed by atoms with E-state index in [2.05, 4.69) is 23.5 Å². The molecular weight excluding hydrogens is 222 g/mol. The van der Waals surface area contributed by atoms with Gasteiger partial charge in [-0.2, -0.15) is 0 Å². The van der Waals surface area contributed by atoms with Crippen molar-refractivity contribution in [3.8, 4) is 5.75 Å². The summed E-state index contributed by atoms with van der Waals surface area (Å²) in [4.78, 5) is 0. The molecule has 2 atom stereocenters. The summed E-state index contributed by atoms with van der Waals surface area (Å²) in [6, 6.07) is 7.24. The lowest BCUT2D eigenvalue weighted by atomic mass is 9.92. The fourth-order valence-corrected chi connectivity index (χ4v) is 3.36. The Balaban J connectivity index is 1.72. The molecule has 1 aromatic carbocycles. The van der Waals surface area contributed by atoms with E-state index < -0.39 is 0 Å². The van der Waals surface area contributed by atoms with Gasteiger partial charge in [0.05, 0.1) is 0 Å². The average molecular weight is 245 g/mol. The van der Waals surface area contributed by atoms with E-state index >= 15 is 0 Å². The normalized spacial score (nSPS) is 26.9. The van der Waals surface area contributed by atoms with Crippen molar-refractivity contribution < 1.29 is 4.74 Å². The Hall–Kier alpha value is -1.02. The van der Waals surface area contributed by atoms with Crippen molar-refractivity contribution in [2.75, 3.05) is 7.05 Å². The van der Waals surface area contributed by atoms with Gasteiger partial charge >= 0.3 is 0 Å². The molecule has 2 aliphatic rings. The first-order valence-electron chi connectivity index (χ1n) is 7.32. The molecule has 0 spiro atoms. The van der Waals surface area contributed by atoms with Gasteiger partial charge in [0.15, 0.2) is 0 Å². The molecule has 0 bridgehead atoms. The highest BCUT2D eigenvalue weighted by Crippen LogP contribution is 2.29. The monoisotopic (exact) mass is 245 g/mol. The van der Waals surface area contributed by atoms with Crippen molar-refractivity contribution in [2.24, 2.45) is 0 Å². The van der Waals surface area contributed by atoms with Crippen LogP contribution in [0.25, 0.3) is 0 Å². The van der Waals surface area contributed by atoms with Crippen LogP contribution in [0.4, 0.5) is 0 Å². The Labute approximate surface area is 110 Å². The summed E-state index contributed by atoms with van der Waals surface area (Å²) < 4.78 is 6.18. The molecule has 0 radical (unpaired) electrons. The lowest BCUT2D eigenvalue weighted by Crippen LogP contribution is -2.36. The molecular formula is C16H23NO. The first kappa shape index (κ1) is 12.0. The molecule has 2 unspecified atom stereocenters. The molecule has 0 aliphatic heterocycles. The summed E-state index contributed by atoms with van der Waals surface area (Å²) in [7, 11) is 2.04. The highest BCUT2D eigenvalue weighted by molar-refractivity contribution is 5.37. The van der Waals surface area contributed by atoms with Gasteiger partial charge in [-0.3, -0.25) is 0 Å². The van der Waals surface area contributed by atoms with E-state index in [0.29, 0.717) is 12.1 Å². The highest BCUT2D eigenvalue weighted by atomic mass is 16.5. The Kier molecular flexibility index (Phi) is 3.55. The molecule has 0 saturated heterocycles. The molecule has 2 nitrogen and oxygen atoms in total. The average Bonchev–Trinajstić information content (AvgIpc) is 2.86. The second kappa shape index (κ2) is 5.31. The van der Waals surface area contributed by atoms with Crippen LogP contribution in [0.3, 0.4) is 0 Å². The van der Waals surface area contributed by atoms with Gasteiger partial charge in [0.2, 0.25) is 0 Å². The smallest absolute Gasteiger partial charge is 0.120 e. The van der Waals surface area contributed by atoms with Crippen molar-refractivity contribution >= 4 is 0 Å². The van der Waals surface area contributed by atoms with Crippen molar-refractivity contribution in [1.29, 1.82) is 0 Å². The van der Waals surface area contributed by atoms with E-state index in [0.717, 1.165) is 5.75 Å². The molecule has 0 amide bonds. The van der Waals surface area contributed by atoms with E-state index in [9.17, 15) is 0 Å². The Morgan fingerprint density at radius 1 is 1.06 bits per heavy atom. The van der Waals surface area contributed by atoms with Crippen LogP contribution in [0, 0.1) is 0 Å².